The molecule has 3 nitrogen and oxygen atoms in total. The smallest absolute Gasteiger partial charge is 0.348 e. The van der Waals surface area contributed by atoms with E-state index in [1.807, 2.05) is 0 Å². The number of carboxylic acid groups (broad SMARTS) is 1. The van der Waals surface area contributed by atoms with E-state index in [4.69, 9.17) is 28.3 Å². The molecule has 1 N–H and O–H groups in total. The van der Waals surface area contributed by atoms with Crippen molar-refractivity contribution in [1.29, 1.82) is 0 Å². The summed E-state index contributed by atoms with van der Waals surface area (Å²) < 4.78 is 0. The second-order valence-electron chi connectivity index (χ2n) is 2.93. The Bertz CT molecular complexity index is 533. The Morgan fingerprint density at radius 2 is 1.94 bits per heavy atom. The van der Waals surface area contributed by atoms with Crippen molar-refractivity contribution in [2.45, 2.75) is 0 Å². The molecule has 0 fully saturated rings. The molecule has 6 heteroatoms. The minimum absolute atomic E-state index is 0.134. The van der Waals surface area contributed by atoms with Gasteiger partial charge in [-0.2, -0.15) is 0 Å². The lowest BCUT2D eigenvalue weighted by Crippen LogP contribution is -1.96. The van der Waals surface area contributed by atoms with Gasteiger partial charge in [-0.15, -0.1) is 11.3 Å². The number of nitrogens with zero attached hydrogens (tertiary/aromatic N) is 1. The SMILES string of the molecule is O=C(O)c1scnc1-c1c(Cl)cccc1Cl. The number of aromatic carboxylic acids is 1. The number of rotatable bonds is 2. The van der Waals surface area contributed by atoms with Crippen molar-refractivity contribution < 1.29 is 9.90 Å². The van der Waals surface area contributed by atoms with Crippen molar-refractivity contribution in [2.75, 3.05) is 0 Å². The summed E-state index contributed by atoms with van der Waals surface area (Å²) in [4.78, 5) is 15.1. The monoisotopic (exact) mass is 273 g/mol. The molecule has 2 rings (SSSR count). The molecular weight excluding hydrogens is 269 g/mol. The second-order valence-corrected chi connectivity index (χ2v) is 4.60. The summed E-state index contributed by atoms with van der Waals surface area (Å²) in [5.41, 5.74) is 2.23. The lowest BCUT2D eigenvalue weighted by atomic mass is 10.1. The van der Waals surface area contributed by atoms with E-state index in [0.29, 0.717) is 21.3 Å². The number of thiazole rings is 1. The zero-order chi connectivity index (χ0) is 11.7. The molecule has 0 saturated carbocycles. The van der Waals surface area contributed by atoms with Gasteiger partial charge in [0, 0.05) is 5.56 Å². The van der Waals surface area contributed by atoms with Crippen LogP contribution in [-0.4, -0.2) is 16.1 Å². The molecule has 82 valence electrons. The Labute approximate surface area is 105 Å². The molecule has 16 heavy (non-hydrogen) atoms. The molecule has 2 aromatic rings. The Morgan fingerprint density at radius 3 is 2.50 bits per heavy atom. The van der Waals surface area contributed by atoms with E-state index in [1.54, 1.807) is 18.2 Å². The Morgan fingerprint density at radius 1 is 1.31 bits per heavy atom. The fourth-order valence-corrected chi connectivity index (χ4v) is 2.51. The normalized spacial score (nSPS) is 10.4. The van der Waals surface area contributed by atoms with Crippen LogP contribution in [0, 0.1) is 0 Å². The van der Waals surface area contributed by atoms with Crippen molar-refractivity contribution >= 4 is 40.5 Å². The molecule has 1 heterocycles. The van der Waals surface area contributed by atoms with Crippen molar-refractivity contribution in [3.63, 3.8) is 0 Å². The first-order valence-electron chi connectivity index (χ1n) is 4.22. The largest absolute Gasteiger partial charge is 0.477 e. The van der Waals surface area contributed by atoms with Crippen LogP contribution < -0.4 is 0 Å². The lowest BCUT2D eigenvalue weighted by molar-refractivity contribution is 0.0703. The van der Waals surface area contributed by atoms with Gasteiger partial charge < -0.3 is 5.11 Å². The van der Waals surface area contributed by atoms with Gasteiger partial charge in [0.25, 0.3) is 0 Å². The van der Waals surface area contributed by atoms with E-state index in [9.17, 15) is 4.79 Å². The van der Waals surface area contributed by atoms with Gasteiger partial charge in [-0.1, -0.05) is 29.3 Å². The van der Waals surface area contributed by atoms with E-state index in [2.05, 4.69) is 4.98 Å². The van der Waals surface area contributed by atoms with E-state index in [-0.39, 0.29) is 4.88 Å². The molecule has 0 amide bonds. The Balaban J connectivity index is 2.68. The van der Waals surface area contributed by atoms with E-state index >= 15 is 0 Å². The van der Waals surface area contributed by atoms with Crippen LogP contribution in [0.2, 0.25) is 10.0 Å². The number of benzene rings is 1. The fraction of sp³-hybridized carbons (Fsp3) is 0. The molecule has 1 aromatic carbocycles. The van der Waals surface area contributed by atoms with Crippen molar-refractivity contribution in [3.8, 4) is 11.3 Å². The summed E-state index contributed by atoms with van der Waals surface area (Å²) in [6, 6.07) is 4.99. The van der Waals surface area contributed by atoms with Gasteiger partial charge in [0.15, 0.2) is 0 Å². The number of aromatic nitrogens is 1. The highest BCUT2D eigenvalue weighted by Gasteiger charge is 2.19. The predicted molar refractivity (Wildman–Crippen MR) is 64.5 cm³/mol. The van der Waals surface area contributed by atoms with Crippen LogP contribution in [0.5, 0.6) is 0 Å². The summed E-state index contributed by atoms with van der Waals surface area (Å²) in [6.07, 6.45) is 0. The minimum atomic E-state index is -1.03. The summed E-state index contributed by atoms with van der Waals surface area (Å²) in [5, 5.41) is 9.76. The summed E-state index contributed by atoms with van der Waals surface area (Å²) in [7, 11) is 0. The maximum Gasteiger partial charge on any atom is 0.348 e. The predicted octanol–water partition coefficient (Wildman–Crippen LogP) is 3.82. The first kappa shape index (κ1) is 11.4. The van der Waals surface area contributed by atoms with E-state index in [1.165, 1.54) is 5.51 Å². The summed E-state index contributed by atoms with van der Waals surface area (Å²) >= 11 is 13.0. The van der Waals surface area contributed by atoms with Gasteiger partial charge in [-0.05, 0) is 12.1 Å². The van der Waals surface area contributed by atoms with Crippen LogP contribution in [0.25, 0.3) is 11.3 Å². The molecule has 0 spiro atoms. The molecular formula is C10H5Cl2NO2S. The first-order valence-corrected chi connectivity index (χ1v) is 5.86. The summed E-state index contributed by atoms with van der Waals surface area (Å²) in [5.74, 6) is -1.03. The Hall–Kier alpha value is -1.10. The molecule has 0 radical (unpaired) electrons. The third kappa shape index (κ3) is 1.91. The average molecular weight is 274 g/mol. The van der Waals surface area contributed by atoms with Gasteiger partial charge >= 0.3 is 5.97 Å². The lowest BCUT2D eigenvalue weighted by Gasteiger charge is -2.04. The second kappa shape index (κ2) is 4.41. The molecule has 0 unspecified atom stereocenters. The third-order valence-corrected chi connectivity index (χ3v) is 3.41. The first-order chi connectivity index (χ1) is 7.61. The van der Waals surface area contributed by atoms with Gasteiger partial charge in [0.1, 0.15) is 4.88 Å². The van der Waals surface area contributed by atoms with Crippen LogP contribution in [0.4, 0.5) is 0 Å². The van der Waals surface area contributed by atoms with Gasteiger partial charge in [-0.3, -0.25) is 0 Å². The average Bonchev–Trinajstić information content (AvgIpc) is 2.66. The zero-order valence-electron chi connectivity index (χ0n) is 7.78. The number of halogens is 2. The van der Waals surface area contributed by atoms with E-state index < -0.39 is 5.97 Å². The number of carbonyl (C=O) groups is 1. The van der Waals surface area contributed by atoms with Crippen molar-refractivity contribution in [3.05, 3.63) is 38.6 Å². The van der Waals surface area contributed by atoms with E-state index in [0.717, 1.165) is 11.3 Å². The molecule has 0 aliphatic heterocycles. The Kier molecular flexibility index (Phi) is 3.14. The molecule has 0 bridgehead atoms. The van der Waals surface area contributed by atoms with Crippen LogP contribution in [0.1, 0.15) is 9.67 Å². The molecule has 1 aromatic heterocycles. The highest BCUT2D eigenvalue weighted by Crippen LogP contribution is 2.36. The quantitative estimate of drug-likeness (QED) is 0.905. The van der Waals surface area contributed by atoms with Crippen molar-refractivity contribution in [1.82, 2.24) is 4.98 Å². The highest BCUT2D eigenvalue weighted by atomic mass is 35.5. The highest BCUT2D eigenvalue weighted by molar-refractivity contribution is 7.12. The van der Waals surface area contributed by atoms with Crippen LogP contribution >= 0.6 is 34.5 Å². The third-order valence-electron chi connectivity index (χ3n) is 1.96. The molecule has 0 aliphatic carbocycles. The van der Waals surface area contributed by atoms with Crippen molar-refractivity contribution in [2.24, 2.45) is 0 Å². The van der Waals surface area contributed by atoms with Crippen LogP contribution in [0.3, 0.4) is 0 Å². The number of carboxylic acids is 1. The molecule has 0 atom stereocenters. The van der Waals surface area contributed by atoms with Crippen LogP contribution in [0.15, 0.2) is 23.7 Å². The van der Waals surface area contributed by atoms with Gasteiger partial charge in [0.05, 0.1) is 21.2 Å². The molecule has 0 saturated heterocycles. The van der Waals surface area contributed by atoms with Gasteiger partial charge in [0.2, 0.25) is 0 Å². The topological polar surface area (TPSA) is 50.2 Å². The standard InChI is InChI=1S/C10H5Cl2NO2S/c11-5-2-1-3-6(12)7(5)8-9(10(14)15)16-4-13-8/h1-4H,(H,14,15). The van der Waals surface area contributed by atoms with Gasteiger partial charge in [-0.25, -0.2) is 9.78 Å². The number of hydrogen-bond donors (Lipinski definition) is 1. The van der Waals surface area contributed by atoms with Crippen LogP contribution in [-0.2, 0) is 0 Å². The summed E-state index contributed by atoms with van der Waals surface area (Å²) in [6.45, 7) is 0. The maximum atomic E-state index is 11.0. The fourth-order valence-electron chi connectivity index (χ4n) is 1.30. The minimum Gasteiger partial charge on any atom is -0.477 e. The molecule has 0 aliphatic rings. The zero-order valence-corrected chi connectivity index (χ0v) is 10.1. The maximum absolute atomic E-state index is 11.0. The number of hydrogen-bond acceptors (Lipinski definition) is 3.